The molecule has 0 saturated carbocycles. The van der Waals surface area contributed by atoms with Crippen LogP contribution >= 0.6 is 11.4 Å². The molecule has 3 aromatic rings. The fraction of sp³-hybridized carbons (Fsp3) is 0.105. The topological polar surface area (TPSA) is 85.9 Å². The van der Waals surface area contributed by atoms with Crippen molar-refractivity contribution in [2.45, 2.75) is 12.2 Å². The summed E-state index contributed by atoms with van der Waals surface area (Å²) in [4.78, 5) is 28.8. The number of aromatic carboxylic acids is 1. The molecule has 0 radical (unpaired) electrons. The molecule has 3 N–H and O–H groups in total. The molecule has 1 aromatic heterocycles. The number of nitrogens with one attached hydrogen (secondary N) is 2. The molecule has 0 aliphatic rings. The quantitative estimate of drug-likeness (QED) is 0.419. The number of aromatic amines is 2. The van der Waals surface area contributed by atoms with Crippen LogP contribution in [0.5, 0.6) is 0 Å². The highest BCUT2D eigenvalue weighted by Gasteiger charge is 2.01. The van der Waals surface area contributed by atoms with Gasteiger partial charge in [-0.25, -0.2) is 4.79 Å². The third kappa shape index (κ3) is 4.81. The fourth-order valence-electron chi connectivity index (χ4n) is 2.44. The van der Waals surface area contributed by atoms with Gasteiger partial charge in [-0.2, -0.15) is 11.4 Å². The van der Waals surface area contributed by atoms with E-state index in [1.165, 1.54) is 0 Å². The first-order chi connectivity index (χ1) is 12.1. The van der Waals surface area contributed by atoms with Gasteiger partial charge >= 0.3 is 5.97 Å². The summed E-state index contributed by atoms with van der Waals surface area (Å²) in [6.45, 7) is 0. The molecule has 0 amide bonds. The van der Waals surface area contributed by atoms with Gasteiger partial charge in [-0.1, -0.05) is 42.5 Å². The van der Waals surface area contributed by atoms with E-state index in [2.05, 4.69) is 9.97 Å². The molecule has 1 heterocycles. The first-order valence-electron chi connectivity index (χ1n) is 7.79. The van der Waals surface area contributed by atoms with E-state index >= 15 is 0 Å². The lowest BCUT2D eigenvalue weighted by atomic mass is 10.1. The Balaban J connectivity index is 1.80. The van der Waals surface area contributed by atoms with Gasteiger partial charge in [-0.05, 0) is 23.3 Å². The zero-order valence-electron chi connectivity index (χ0n) is 13.4. The number of carboxylic acids is 1. The van der Waals surface area contributed by atoms with Crippen LogP contribution in [-0.2, 0) is 12.2 Å². The normalized spacial score (nSPS) is 11.8. The lowest BCUT2D eigenvalue weighted by molar-refractivity contribution is 0.0697. The summed E-state index contributed by atoms with van der Waals surface area (Å²) in [6.07, 6.45) is 0.667. The van der Waals surface area contributed by atoms with Crippen LogP contribution in [0, 0.1) is 4.77 Å². The second-order valence-corrected chi connectivity index (χ2v) is 6.69. The predicted octanol–water partition coefficient (Wildman–Crippen LogP) is 3.19. The molecule has 0 saturated heterocycles. The van der Waals surface area contributed by atoms with Crippen molar-refractivity contribution in [3.63, 3.8) is 0 Å². The van der Waals surface area contributed by atoms with Crippen molar-refractivity contribution in [3.8, 4) is 0 Å². The molecule has 3 rings (SSSR count). The number of rotatable bonds is 5. The van der Waals surface area contributed by atoms with Gasteiger partial charge in [0, 0.05) is 23.9 Å². The lowest BCUT2D eigenvalue weighted by Crippen LogP contribution is -2.09. The summed E-state index contributed by atoms with van der Waals surface area (Å²) in [5.74, 6) is -0.253. The van der Waals surface area contributed by atoms with Crippen LogP contribution in [0.3, 0.4) is 0 Å². The monoisotopic (exact) mass is 354 g/mol. The number of benzene rings is 2. The number of hydrogen-bond acceptors (Lipinski definition) is 2. The Morgan fingerprint density at radius 3 is 2.36 bits per heavy atom. The molecule has 0 unspecified atom stereocenters. The van der Waals surface area contributed by atoms with E-state index in [0.29, 0.717) is 12.2 Å². The fourth-order valence-corrected chi connectivity index (χ4v) is 3.41. The van der Waals surface area contributed by atoms with Crippen molar-refractivity contribution in [2.24, 2.45) is 0 Å². The van der Waals surface area contributed by atoms with Crippen LogP contribution in [0.1, 0.15) is 27.2 Å². The molecule has 128 valence electrons. The summed E-state index contributed by atoms with van der Waals surface area (Å²) < 4.78 is 0.737. The van der Waals surface area contributed by atoms with E-state index in [-0.39, 0.29) is 11.1 Å². The Hall–Kier alpha value is -2.86. The summed E-state index contributed by atoms with van der Waals surface area (Å²) in [5, 5.41) is 8.92. The van der Waals surface area contributed by atoms with Crippen molar-refractivity contribution in [2.75, 3.05) is 0 Å². The Kier molecular flexibility index (Phi) is 5.30. The third-order valence-electron chi connectivity index (χ3n) is 3.68. The van der Waals surface area contributed by atoms with Crippen LogP contribution < -0.4 is 5.56 Å². The smallest absolute Gasteiger partial charge is 0.335 e. The van der Waals surface area contributed by atoms with Gasteiger partial charge in [0.05, 0.1) is 5.56 Å². The first-order valence-corrected chi connectivity index (χ1v) is 8.87. The van der Waals surface area contributed by atoms with E-state index in [0.717, 1.165) is 32.9 Å². The minimum atomic E-state index is -0.935. The van der Waals surface area contributed by atoms with E-state index in [1.54, 1.807) is 30.3 Å². The molecule has 0 spiro atoms. The largest absolute Gasteiger partial charge is 0.478 e. The molecule has 0 fully saturated rings. The molecular weight excluding hydrogens is 336 g/mol. The highest BCUT2D eigenvalue weighted by Crippen LogP contribution is 2.10. The third-order valence-corrected chi connectivity index (χ3v) is 4.75. The van der Waals surface area contributed by atoms with Crippen molar-refractivity contribution in [1.29, 1.82) is 0 Å². The number of aromatic nitrogens is 2. The molecule has 25 heavy (non-hydrogen) atoms. The van der Waals surface area contributed by atoms with Crippen LogP contribution in [-0.4, -0.2) is 21.0 Å². The molecule has 0 bridgehead atoms. The number of carbonyl (C=O) groups is 1. The van der Waals surface area contributed by atoms with E-state index in [4.69, 9.17) is 5.11 Å². The second kappa shape index (κ2) is 7.81. The minimum Gasteiger partial charge on any atom is -0.478 e. The minimum absolute atomic E-state index is 0.131. The second-order valence-electron chi connectivity index (χ2n) is 5.61. The van der Waals surface area contributed by atoms with Crippen LogP contribution in [0.25, 0.3) is 0 Å². The van der Waals surface area contributed by atoms with Gasteiger partial charge in [0.2, 0.25) is 0 Å². The number of hydrogen-bond donors (Lipinski definition) is 4. The van der Waals surface area contributed by atoms with Gasteiger partial charge < -0.3 is 15.1 Å². The van der Waals surface area contributed by atoms with E-state index in [1.807, 2.05) is 30.3 Å². The summed E-state index contributed by atoms with van der Waals surface area (Å²) in [6, 6.07) is 18.3. The zero-order valence-corrected chi connectivity index (χ0v) is 14.3. The molecule has 2 aromatic carbocycles. The van der Waals surface area contributed by atoms with E-state index in [9.17, 15) is 9.59 Å². The summed E-state index contributed by atoms with van der Waals surface area (Å²) in [7, 11) is 0. The van der Waals surface area contributed by atoms with Gasteiger partial charge in [-0.15, -0.1) is 0 Å². The Bertz CT molecular complexity index is 989. The number of carboxylic acid groups (broad SMARTS) is 1. The Labute approximate surface area is 148 Å². The Morgan fingerprint density at radius 1 is 0.960 bits per heavy atom. The van der Waals surface area contributed by atoms with Crippen LogP contribution in [0.2, 0.25) is 0 Å². The summed E-state index contributed by atoms with van der Waals surface area (Å²) >= 11 is 0.918. The van der Waals surface area contributed by atoms with Gasteiger partial charge in [-0.3, -0.25) is 4.79 Å². The average molecular weight is 354 g/mol. The van der Waals surface area contributed by atoms with Crippen molar-refractivity contribution in [1.82, 2.24) is 9.97 Å². The van der Waals surface area contributed by atoms with Crippen molar-refractivity contribution in [3.05, 3.63) is 98.2 Å². The van der Waals surface area contributed by atoms with Crippen LogP contribution in [0.4, 0.5) is 0 Å². The van der Waals surface area contributed by atoms with E-state index < -0.39 is 5.97 Å². The molecular formula is C19H18N2O3S. The highest BCUT2D eigenvalue weighted by molar-refractivity contribution is 7.90. The molecule has 0 aliphatic carbocycles. The highest BCUT2D eigenvalue weighted by atomic mass is 32.1. The molecule has 6 heteroatoms. The maximum Gasteiger partial charge on any atom is 0.335 e. The molecule has 0 aliphatic heterocycles. The summed E-state index contributed by atoms with van der Waals surface area (Å²) in [5.41, 5.74) is 3.14. The van der Waals surface area contributed by atoms with Gasteiger partial charge in [0.15, 0.2) is 0 Å². The Morgan fingerprint density at radius 2 is 1.68 bits per heavy atom. The maximum absolute atomic E-state index is 11.9. The lowest BCUT2D eigenvalue weighted by Gasteiger charge is -2.03. The first kappa shape index (κ1) is 17.0. The SMILES string of the molecule is O=C(O)c1ccc(C[SH]=c2[nH]c(Cc3ccccc3)cc(=O)[nH]2)cc1. The van der Waals surface area contributed by atoms with Gasteiger partial charge in [0.25, 0.3) is 5.56 Å². The number of thiol groups is 1. The number of H-pyrrole nitrogens is 2. The van der Waals surface area contributed by atoms with Gasteiger partial charge in [0.1, 0.15) is 4.77 Å². The van der Waals surface area contributed by atoms with Crippen molar-refractivity contribution >= 4 is 17.3 Å². The molecule has 0 atom stereocenters. The zero-order chi connectivity index (χ0) is 17.6. The van der Waals surface area contributed by atoms with Crippen LogP contribution in [0.15, 0.2) is 65.5 Å². The van der Waals surface area contributed by atoms with Crippen molar-refractivity contribution < 1.29 is 9.90 Å². The maximum atomic E-state index is 11.9. The standard InChI is InChI=1S/C19H18N2O3S/c22-17-11-16(10-13-4-2-1-3-5-13)20-19(21-17)25-12-14-6-8-15(9-7-14)18(23)24/h1-9,11,20,25H,10,12H2,(H,21,22)(H,23,24). The predicted molar refractivity (Wildman–Crippen MR) is 100.0 cm³/mol. The molecule has 5 nitrogen and oxygen atoms in total. The average Bonchev–Trinajstić information content (AvgIpc) is 2.61.